The molecule has 0 bridgehead atoms. The third kappa shape index (κ3) is 3.87. The van der Waals surface area contributed by atoms with Crippen molar-refractivity contribution in [2.24, 2.45) is 5.73 Å². The molecule has 0 radical (unpaired) electrons. The van der Waals surface area contributed by atoms with Gasteiger partial charge in [-0.3, -0.25) is 3.53 Å². The monoisotopic (exact) mass is 200 g/mol. The smallest absolute Gasteiger partial charge is 0.320 e. The standard InChI is InChI=1S/C2H5IN2O/c1-3-5-2(4)6/h1H2,(H3,4,5,6). The van der Waals surface area contributed by atoms with Crippen molar-refractivity contribution >= 4 is 31.6 Å². The van der Waals surface area contributed by atoms with E-state index < -0.39 is 27.0 Å². The van der Waals surface area contributed by atoms with E-state index in [0.29, 0.717) is 0 Å². The van der Waals surface area contributed by atoms with Crippen LogP contribution in [0.5, 0.6) is 0 Å². The number of rotatable bonds is 1. The Balaban J connectivity index is 3.05. The summed E-state index contributed by atoms with van der Waals surface area (Å²) in [6.45, 7) is 0. The summed E-state index contributed by atoms with van der Waals surface area (Å²) in [7, 11) is 0. The number of nitrogens with two attached hydrogens (primary N) is 1. The lowest BCUT2D eigenvalue weighted by Crippen LogP contribution is -2.20. The predicted octanol–water partition coefficient (Wildman–Crippen LogP) is -0.0276. The Morgan fingerprint density at radius 2 is 2.50 bits per heavy atom. The molecule has 3 N–H and O–H groups in total. The van der Waals surface area contributed by atoms with E-state index in [0.717, 1.165) is 0 Å². The topological polar surface area (TPSA) is 55.1 Å². The van der Waals surface area contributed by atoms with Crippen LogP contribution in [0.15, 0.2) is 0 Å². The molecule has 0 saturated carbocycles. The van der Waals surface area contributed by atoms with Crippen LogP contribution in [0.4, 0.5) is 4.79 Å². The normalized spacial score (nSPS) is 7.33. The van der Waals surface area contributed by atoms with Gasteiger partial charge >= 0.3 is 6.03 Å². The van der Waals surface area contributed by atoms with Gasteiger partial charge in [-0.15, -0.1) is 0 Å². The summed E-state index contributed by atoms with van der Waals surface area (Å²) in [4.78, 5) is 9.70. The van der Waals surface area contributed by atoms with Gasteiger partial charge in [0.05, 0.1) is 0 Å². The highest BCUT2D eigenvalue weighted by Crippen LogP contribution is 1.74. The first-order valence-corrected chi connectivity index (χ1v) is 3.80. The molecular weight excluding hydrogens is 195 g/mol. The van der Waals surface area contributed by atoms with Gasteiger partial charge in [0.1, 0.15) is 0 Å². The number of hydrogen-bond donors (Lipinski definition) is 2. The van der Waals surface area contributed by atoms with Crippen LogP contribution in [0.2, 0.25) is 0 Å². The minimum absolute atomic E-state index is 0.407. The van der Waals surface area contributed by atoms with Gasteiger partial charge in [0, 0.05) is 0 Å². The number of nitrogens with one attached hydrogen (secondary N) is 1. The molecule has 36 valence electrons. The van der Waals surface area contributed by atoms with E-state index in [9.17, 15) is 4.79 Å². The molecule has 0 aromatic carbocycles. The molecule has 0 aliphatic rings. The van der Waals surface area contributed by atoms with Crippen LogP contribution in [-0.4, -0.2) is 10.5 Å². The molecule has 0 unspecified atom stereocenters. The molecule has 0 rings (SSSR count). The van der Waals surface area contributed by atoms with Gasteiger partial charge in [0.2, 0.25) is 0 Å². The Morgan fingerprint density at radius 1 is 2.00 bits per heavy atom. The quantitative estimate of drug-likeness (QED) is 0.453. The zero-order valence-electron chi connectivity index (χ0n) is 3.07. The van der Waals surface area contributed by atoms with Crippen LogP contribution >= 0.6 is 21.0 Å². The molecule has 0 atom stereocenters. The van der Waals surface area contributed by atoms with Crippen molar-refractivity contribution in [2.45, 2.75) is 0 Å². The first-order valence-electron chi connectivity index (χ1n) is 1.20. The van der Waals surface area contributed by atoms with Gasteiger partial charge in [-0.05, 0) is 25.5 Å². The molecule has 0 fully saturated rings. The summed E-state index contributed by atoms with van der Waals surface area (Å²) in [5.74, 6) is 0. The number of amides is 2. The number of halogens is 1. The largest absolute Gasteiger partial charge is 0.351 e. The molecule has 0 aromatic rings. The number of urea groups is 1. The molecule has 0 aromatic heterocycles. The molecule has 0 aliphatic heterocycles. The molecule has 2 amide bonds. The molecule has 0 aliphatic carbocycles. The van der Waals surface area contributed by atoms with E-state index in [2.05, 4.69) is 13.8 Å². The number of carbonyl (C=O) groups is 1. The van der Waals surface area contributed by atoms with Crippen LogP contribution in [0.25, 0.3) is 0 Å². The fourth-order valence-electron chi connectivity index (χ4n) is 0.0659. The minimum Gasteiger partial charge on any atom is -0.351 e. The lowest BCUT2D eigenvalue weighted by Gasteiger charge is -1.82. The summed E-state index contributed by atoms with van der Waals surface area (Å²) in [5, 5.41) is 0. The Morgan fingerprint density at radius 3 is 2.50 bits per heavy atom. The summed E-state index contributed by atoms with van der Waals surface area (Å²) in [5.41, 5.74) is 4.64. The lowest BCUT2D eigenvalue weighted by atomic mass is 11.2. The van der Waals surface area contributed by atoms with E-state index in [1.165, 1.54) is 0 Å². The lowest BCUT2D eigenvalue weighted by molar-refractivity contribution is 0.255. The average molecular weight is 200 g/mol. The molecule has 3 nitrogen and oxygen atoms in total. The maximum absolute atomic E-state index is 9.70. The van der Waals surface area contributed by atoms with Crippen molar-refractivity contribution in [3.8, 4) is 0 Å². The van der Waals surface area contributed by atoms with E-state index in [1.807, 2.05) is 0 Å². The Hall–Kier alpha value is -0.130. The zero-order valence-corrected chi connectivity index (χ0v) is 5.23. The van der Waals surface area contributed by atoms with Gasteiger partial charge in [0.15, 0.2) is 0 Å². The molecule has 6 heavy (non-hydrogen) atoms. The van der Waals surface area contributed by atoms with E-state index >= 15 is 0 Å². The highest BCUT2D eigenvalue weighted by Gasteiger charge is 1.77. The minimum atomic E-state index is -0.474. The second kappa shape index (κ2) is 3.08. The average Bonchev–Trinajstić information content (AvgIpc) is 1.35. The van der Waals surface area contributed by atoms with Gasteiger partial charge in [-0.2, -0.15) is 0 Å². The van der Waals surface area contributed by atoms with Crippen molar-refractivity contribution in [1.82, 2.24) is 3.53 Å². The summed E-state index contributed by atoms with van der Waals surface area (Å²) in [6, 6.07) is -0.474. The summed E-state index contributed by atoms with van der Waals surface area (Å²) >= 11 is -0.407. The SMILES string of the molecule is C=INC(N)=O. The van der Waals surface area contributed by atoms with Crippen molar-refractivity contribution in [3.05, 3.63) is 0 Å². The van der Waals surface area contributed by atoms with Crippen LogP contribution in [0.1, 0.15) is 0 Å². The highest BCUT2D eigenvalue weighted by molar-refractivity contribution is 14.2. The van der Waals surface area contributed by atoms with Gasteiger partial charge in [-0.25, -0.2) is 4.79 Å². The zero-order chi connectivity index (χ0) is 4.99. The van der Waals surface area contributed by atoms with Crippen molar-refractivity contribution in [2.75, 3.05) is 0 Å². The van der Waals surface area contributed by atoms with Crippen LogP contribution in [0.3, 0.4) is 0 Å². The molecule has 0 saturated heterocycles. The third-order valence-corrected chi connectivity index (χ3v) is 1.07. The Labute approximate surface area is 46.0 Å². The third-order valence-electron chi connectivity index (χ3n) is 0.160. The second-order valence-electron chi connectivity index (χ2n) is 0.592. The van der Waals surface area contributed by atoms with Gasteiger partial charge < -0.3 is 5.73 Å². The molecule has 4 heteroatoms. The number of hydrogen-bond acceptors (Lipinski definition) is 1. The van der Waals surface area contributed by atoms with Crippen molar-refractivity contribution in [1.29, 1.82) is 0 Å². The Bertz CT molecular complexity index is 71.9. The van der Waals surface area contributed by atoms with E-state index in [1.54, 1.807) is 0 Å². The first-order chi connectivity index (χ1) is 2.77. The van der Waals surface area contributed by atoms with Crippen molar-refractivity contribution < 1.29 is 4.79 Å². The molecule has 0 heterocycles. The second-order valence-corrected chi connectivity index (χ2v) is 1.89. The Kier molecular flexibility index (Phi) is 3.01. The van der Waals surface area contributed by atoms with Gasteiger partial charge in [0.25, 0.3) is 0 Å². The first kappa shape index (κ1) is 5.87. The van der Waals surface area contributed by atoms with Crippen LogP contribution in [0, 0.1) is 0 Å². The van der Waals surface area contributed by atoms with Crippen molar-refractivity contribution in [3.63, 3.8) is 0 Å². The van der Waals surface area contributed by atoms with Gasteiger partial charge in [-0.1, -0.05) is 0 Å². The van der Waals surface area contributed by atoms with E-state index in [-0.39, 0.29) is 0 Å². The summed E-state index contributed by atoms with van der Waals surface area (Å²) in [6.07, 6.45) is 0. The predicted molar refractivity (Wildman–Crippen MR) is 33.9 cm³/mol. The number of primary amides is 1. The molecular formula is C2H5IN2O. The maximum atomic E-state index is 9.70. The summed E-state index contributed by atoms with van der Waals surface area (Å²) < 4.78 is 5.77. The molecule has 0 spiro atoms. The van der Waals surface area contributed by atoms with E-state index in [4.69, 9.17) is 0 Å². The maximum Gasteiger partial charge on any atom is 0.320 e. The van der Waals surface area contributed by atoms with Crippen LogP contribution in [-0.2, 0) is 0 Å². The highest BCUT2D eigenvalue weighted by atomic mass is 127. The fourth-order valence-corrected chi connectivity index (χ4v) is 0.442. The number of carbonyl (C=O) groups excluding carboxylic acids is 1. The van der Waals surface area contributed by atoms with Crippen LogP contribution < -0.4 is 9.26 Å². The fraction of sp³-hybridized carbons (Fsp3) is 0.